The number of H-pyrrole nitrogens is 1. The van der Waals surface area contributed by atoms with Gasteiger partial charge in [0, 0.05) is 42.1 Å². The summed E-state index contributed by atoms with van der Waals surface area (Å²) in [5, 5.41) is 3.91. The Morgan fingerprint density at radius 1 is 1.12 bits per heavy atom. The Labute approximate surface area is 199 Å². The summed E-state index contributed by atoms with van der Waals surface area (Å²) < 4.78 is 19.4. The minimum Gasteiger partial charge on any atom is -0.444 e. The van der Waals surface area contributed by atoms with Crippen LogP contribution >= 0.6 is 0 Å². The van der Waals surface area contributed by atoms with E-state index in [9.17, 15) is 14.0 Å². The van der Waals surface area contributed by atoms with Crippen LogP contribution in [0, 0.1) is 5.82 Å². The lowest BCUT2D eigenvalue weighted by molar-refractivity contribution is -0.122. The van der Waals surface area contributed by atoms with Crippen molar-refractivity contribution in [3.05, 3.63) is 59.9 Å². The number of hydrogen-bond acceptors (Lipinski definition) is 3. The second kappa shape index (κ2) is 9.87. The average Bonchev–Trinajstić information content (AvgIpc) is 3.15. The minimum atomic E-state index is -0.522. The van der Waals surface area contributed by atoms with Crippen molar-refractivity contribution in [3.63, 3.8) is 0 Å². The first-order chi connectivity index (χ1) is 16.2. The number of benzene rings is 2. The van der Waals surface area contributed by atoms with Crippen LogP contribution in [0.2, 0.25) is 0 Å². The number of carbonyl (C=O) groups excluding carboxylic acids is 2. The van der Waals surface area contributed by atoms with Crippen LogP contribution in [0.4, 0.5) is 9.18 Å². The molecule has 180 valence electrons. The molecule has 1 aliphatic rings. The smallest absolute Gasteiger partial charge is 0.410 e. The number of aromatic amines is 1. The van der Waals surface area contributed by atoms with Crippen molar-refractivity contribution in [2.75, 3.05) is 13.1 Å². The molecule has 0 saturated carbocycles. The first-order valence-corrected chi connectivity index (χ1v) is 11.8. The number of likely N-dealkylation sites (tertiary alicyclic amines) is 1. The van der Waals surface area contributed by atoms with Gasteiger partial charge in [0.1, 0.15) is 11.4 Å². The van der Waals surface area contributed by atoms with Crippen molar-refractivity contribution in [1.29, 1.82) is 0 Å². The molecule has 0 unspecified atom stereocenters. The maximum Gasteiger partial charge on any atom is 0.410 e. The van der Waals surface area contributed by atoms with Gasteiger partial charge < -0.3 is 19.9 Å². The highest BCUT2D eigenvalue weighted by atomic mass is 19.1. The number of fused-ring (bicyclic) bond motifs is 1. The van der Waals surface area contributed by atoms with E-state index in [0.717, 1.165) is 27.7 Å². The fourth-order valence-corrected chi connectivity index (χ4v) is 4.40. The van der Waals surface area contributed by atoms with E-state index in [4.69, 9.17) is 4.74 Å². The van der Waals surface area contributed by atoms with Crippen molar-refractivity contribution in [1.82, 2.24) is 15.2 Å². The van der Waals surface area contributed by atoms with E-state index in [0.29, 0.717) is 38.8 Å². The second-order valence-electron chi connectivity index (χ2n) is 9.84. The van der Waals surface area contributed by atoms with E-state index in [1.165, 1.54) is 12.1 Å². The Morgan fingerprint density at radius 3 is 2.50 bits per heavy atom. The molecule has 2 heterocycles. The van der Waals surface area contributed by atoms with E-state index >= 15 is 0 Å². The van der Waals surface area contributed by atoms with Crippen LogP contribution in [0.15, 0.2) is 48.5 Å². The minimum absolute atomic E-state index is 0.0280. The number of aryl methyl sites for hydroxylation is 1. The summed E-state index contributed by atoms with van der Waals surface area (Å²) in [7, 11) is 0. The highest BCUT2D eigenvalue weighted by Crippen LogP contribution is 2.32. The number of hydrogen-bond donors (Lipinski definition) is 2. The number of nitrogens with zero attached hydrogens (tertiary/aromatic N) is 1. The monoisotopic (exact) mass is 465 g/mol. The van der Waals surface area contributed by atoms with E-state index in [-0.39, 0.29) is 23.9 Å². The Bertz CT molecular complexity index is 1160. The largest absolute Gasteiger partial charge is 0.444 e. The molecule has 0 atom stereocenters. The Hall–Kier alpha value is -3.35. The van der Waals surface area contributed by atoms with Crippen LogP contribution in [0.25, 0.3) is 22.2 Å². The average molecular weight is 466 g/mol. The summed E-state index contributed by atoms with van der Waals surface area (Å²) in [4.78, 5) is 30.1. The number of amides is 2. The molecule has 2 N–H and O–H groups in total. The molecule has 0 spiro atoms. The Balaban J connectivity index is 1.38. The Morgan fingerprint density at radius 2 is 1.82 bits per heavy atom. The normalized spacial score (nSPS) is 14.9. The zero-order valence-electron chi connectivity index (χ0n) is 20.0. The van der Waals surface area contributed by atoms with Gasteiger partial charge in [0.05, 0.1) is 0 Å². The molecule has 1 fully saturated rings. The molecule has 4 rings (SSSR count). The quantitative estimate of drug-likeness (QED) is 0.528. The Kier molecular flexibility index (Phi) is 6.91. The van der Waals surface area contributed by atoms with Crippen LogP contribution in [0.1, 0.15) is 45.6 Å². The van der Waals surface area contributed by atoms with Gasteiger partial charge >= 0.3 is 6.09 Å². The molecule has 0 bridgehead atoms. The van der Waals surface area contributed by atoms with Gasteiger partial charge in [-0.2, -0.15) is 0 Å². The van der Waals surface area contributed by atoms with Gasteiger partial charge in [-0.05, 0) is 69.4 Å². The third-order valence-corrected chi connectivity index (χ3v) is 6.04. The molecule has 6 nitrogen and oxygen atoms in total. The van der Waals surface area contributed by atoms with E-state index in [1.54, 1.807) is 11.0 Å². The maximum absolute atomic E-state index is 14.0. The van der Waals surface area contributed by atoms with Crippen LogP contribution in [0.3, 0.4) is 0 Å². The van der Waals surface area contributed by atoms with Gasteiger partial charge in [-0.25, -0.2) is 9.18 Å². The van der Waals surface area contributed by atoms with Gasteiger partial charge in [-0.1, -0.05) is 30.3 Å². The maximum atomic E-state index is 14.0. The van der Waals surface area contributed by atoms with Gasteiger partial charge in [0.25, 0.3) is 0 Å². The molecule has 2 aromatic carbocycles. The van der Waals surface area contributed by atoms with Crippen LogP contribution in [-0.2, 0) is 16.0 Å². The lowest BCUT2D eigenvalue weighted by Crippen LogP contribution is -2.47. The summed E-state index contributed by atoms with van der Waals surface area (Å²) in [5.41, 5.74) is 3.19. The number of piperidine rings is 1. The zero-order chi connectivity index (χ0) is 24.3. The van der Waals surface area contributed by atoms with Crippen molar-refractivity contribution in [2.24, 2.45) is 0 Å². The lowest BCUT2D eigenvalue weighted by atomic mass is 10.0. The second-order valence-corrected chi connectivity index (χ2v) is 9.84. The van der Waals surface area contributed by atoms with E-state index in [1.807, 2.05) is 51.1 Å². The summed E-state index contributed by atoms with van der Waals surface area (Å²) in [5.74, 6) is -0.339. The predicted molar refractivity (Wildman–Crippen MR) is 131 cm³/mol. The highest BCUT2D eigenvalue weighted by Gasteiger charge is 2.27. The number of ether oxygens (including phenoxy) is 1. The van der Waals surface area contributed by atoms with Gasteiger partial charge in [0.15, 0.2) is 0 Å². The first kappa shape index (κ1) is 23.8. The number of carbonyl (C=O) groups is 2. The molecule has 0 aliphatic carbocycles. The molecule has 1 aliphatic heterocycles. The molecule has 2 amide bonds. The van der Waals surface area contributed by atoms with Crippen LogP contribution < -0.4 is 5.32 Å². The van der Waals surface area contributed by atoms with E-state index < -0.39 is 5.60 Å². The molecule has 34 heavy (non-hydrogen) atoms. The van der Waals surface area contributed by atoms with Crippen molar-refractivity contribution in [2.45, 2.75) is 58.1 Å². The lowest BCUT2D eigenvalue weighted by Gasteiger charge is -2.33. The summed E-state index contributed by atoms with van der Waals surface area (Å²) in [6, 6.07) is 14.6. The zero-order valence-corrected chi connectivity index (χ0v) is 20.0. The topological polar surface area (TPSA) is 74.4 Å². The summed E-state index contributed by atoms with van der Waals surface area (Å²) in [6.45, 7) is 6.66. The fourth-order valence-electron chi connectivity index (χ4n) is 4.40. The standard InChI is InChI=1S/C27H32FN3O3/c1-27(2,3)34-26(33)31-15-13-20(14-16-31)29-24(32)12-10-21-22-17-19(28)9-11-23(22)30-25(21)18-7-5-4-6-8-18/h4-9,11,17,20,30H,10,12-16H2,1-3H3,(H,29,32). The van der Waals surface area contributed by atoms with Gasteiger partial charge in [-0.15, -0.1) is 0 Å². The predicted octanol–water partition coefficient (Wildman–Crippen LogP) is 5.42. The number of nitrogens with one attached hydrogen (secondary N) is 2. The first-order valence-electron chi connectivity index (χ1n) is 11.8. The molecule has 7 heteroatoms. The fraction of sp³-hybridized carbons (Fsp3) is 0.407. The van der Waals surface area contributed by atoms with Crippen LogP contribution in [0.5, 0.6) is 0 Å². The third kappa shape index (κ3) is 5.76. The summed E-state index contributed by atoms with van der Waals surface area (Å²) in [6.07, 6.45) is 1.88. The van der Waals surface area contributed by atoms with Crippen molar-refractivity contribution in [3.8, 4) is 11.3 Å². The molecule has 1 saturated heterocycles. The third-order valence-electron chi connectivity index (χ3n) is 6.04. The van der Waals surface area contributed by atoms with Crippen molar-refractivity contribution < 1.29 is 18.7 Å². The molecule has 0 radical (unpaired) electrons. The molecule has 1 aromatic heterocycles. The van der Waals surface area contributed by atoms with E-state index in [2.05, 4.69) is 10.3 Å². The number of aromatic nitrogens is 1. The highest BCUT2D eigenvalue weighted by molar-refractivity contribution is 5.91. The van der Waals surface area contributed by atoms with Crippen molar-refractivity contribution >= 4 is 22.9 Å². The number of halogens is 1. The molecule has 3 aromatic rings. The van der Waals surface area contributed by atoms with Gasteiger partial charge in [0.2, 0.25) is 5.91 Å². The van der Waals surface area contributed by atoms with Crippen LogP contribution in [-0.4, -0.2) is 46.6 Å². The number of rotatable bonds is 5. The van der Waals surface area contributed by atoms with Gasteiger partial charge in [-0.3, -0.25) is 4.79 Å². The molecular weight excluding hydrogens is 433 g/mol. The SMILES string of the molecule is CC(C)(C)OC(=O)N1CCC(NC(=O)CCc2c(-c3ccccc3)[nH]c3ccc(F)cc23)CC1. The summed E-state index contributed by atoms with van der Waals surface area (Å²) >= 11 is 0. The molecular formula is C27H32FN3O3.